The van der Waals surface area contributed by atoms with E-state index in [1.807, 2.05) is 6.07 Å². The molecule has 1 nitrogen and oxygen atoms in total. The van der Waals surface area contributed by atoms with Gasteiger partial charge in [0.2, 0.25) is 0 Å². The van der Waals surface area contributed by atoms with Crippen LogP contribution in [0.5, 0.6) is 0 Å². The molecule has 21 heavy (non-hydrogen) atoms. The maximum atomic E-state index is 6.24. The molecule has 3 aliphatic carbocycles. The fraction of sp³-hybridized carbons (Fsp3) is 0.684. The monoisotopic (exact) mass is 303 g/mol. The fourth-order valence-electron chi connectivity index (χ4n) is 4.42. The number of fused-ring (bicyclic) bond motifs is 1. The van der Waals surface area contributed by atoms with Crippen LogP contribution in [-0.2, 0) is 6.42 Å². The Morgan fingerprint density at radius 1 is 1.19 bits per heavy atom. The molecule has 2 fully saturated rings. The SMILES string of the molecule is CC1(C)Cc2ccc(Cl)cc2C1NCC(C1CC1)C1CC1. The first kappa shape index (κ1) is 14.1. The molecule has 0 spiro atoms. The van der Waals surface area contributed by atoms with Crippen molar-refractivity contribution in [1.29, 1.82) is 0 Å². The quantitative estimate of drug-likeness (QED) is 0.808. The smallest absolute Gasteiger partial charge is 0.0409 e. The average molecular weight is 304 g/mol. The van der Waals surface area contributed by atoms with Gasteiger partial charge in [0.05, 0.1) is 0 Å². The van der Waals surface area contributed by atoms with Crippen LogP contribution in [0.2, 0.25) is 5.02 Å². The van der Waals surface area contributed by atoms with Gasteiger partial charge in [-0.15, -0.1) is 0 Å². The number of rotatable bonds is 5. The third-order valence-corrected chi connectivity index (χ3v) is 6.09. The third kappa shape index (κ3) is 2.75. The lowest BCUT2D eigenvalue weighted by Gasteiger charge is -2.30. The van der Waals surface area contributed by atoms with Gasteiger partial charge in [-0.2, -0.15) is 0 Å². The van der Waals surface area contributed by atoms with Crippen molar-refractivity contribution in [3.05, 3.63) is 34.3 Å². The summed E-state index contributed by atoms with van der Waals surface area (Å²) in [4.78, 5) is 0. The molecule has 3 aliphatic rings. The Bertz CT molecular complexity index is 530. The van der Waals surface area contributed by atoms with Gasteiger partial charge in [-0.3, -0.25) is 0 Å². The zero-order chi connectivity index (χ0) is 14.6. The van der Waals surface area contributed by atoms with Crippen molar-refractivity contribution >= 4 is 11.6 Å². The van der Waals surface area contributed by atoms with Gasteiger partial charge >= 0.3 is 0 Å². The third-order valence-electron chi connectivity index (χ3n) is 5.86. The van der Waals surface area contributed by atoms with E-state index >= 15 is 0 Å². The van der Waals surface area contributed by atoms with E-state index in [0.29, 0.717) is 11.5 Å². The average Bonchev–Trinajstić information content (AvgIpc) is 3.30. The molecule has 1 N–H and O–H groups in total. The van der Waals surface area contributed by atoms with Gasteiger partial charge in [0.15, 0.2) is 0 Å². The summed E-state index contributed by atoms with van der Waals surface area (Å²) in [5.74, 6) is 2.98. The molecule has 0 bridgehead atoms. The Kier molecular flexibility index (Phi) is 3.35. The highest BCUT2D eigenvalue weighted by Gasteiger charge is 2.43. The van der Waals surface area contributed by atoms with E-state index in [1.54, 1.807) is 0 Å². The van der Waals surface area contributed by atoms with Crippen LogP contribution in [0, 0.1) is 23.2 Å². The largest absolute Gasteiger partial charge is 0.309 e. The molecule has 0 amide bonds. The maximum absolute atomic E-state index is 6.24. The van der Waals surface area contributed by atoms with E-state index in [4.69, 9.17) is 11.6 Å². The highest BCUT2D eigenvalue weighted by atomic mass is 35.5. The van der Waals surface area contributed by atoms with Gasteiger partial charge in [0.1, 0.15) is 0 Å². The molecule has 0 aromatic heterocycles. The predicted octanol–water partition coefficient (Wildman–Crippen LogP) is 4.99. The lowest BCUT2D eigenvalue weighted by atomic mass is 9.84. The van der Waals surface area contributed by atoms with Crippen molar-refractivity contribution in [3.63, 3.8) is 0 Å². The second-order valence-corrected chi connectivity index (χ2v) is 8.62. The molecule has 0 radical (unpaired) electrons. The standard InChI is InChI=1S/C19H26ClN/c1-19(2)10-14-7-8-15(20)9-16(14)18(19)21-11-17(12-3-4-12)13-5-6-13/h7-9,12-13,17-18,21H,3-6,10-11H2,1-2H3. The highest BCUT2D eigenvalue weighted by molar-refractivity contribution is 6.30. The summed E-state index contributed by atoms with van der Waals surface area (Å²) in [5, 5.41) is 4.81. The molecular weight excluding hydrogens is 278 g/mol. The van der Waals surface area contributed by atoms with Gasteiger partial charge < -0.3 is 5.32 Å². The van der Waals surface area contributed by atoms with E-state index in [0.717, 1.165) is 29.2 Å². The maximum Gasteiger partial charge on any atom is 0.0409 e. The second-order valence-electron chi connectivity index (χ2n) is 8.19. The van der Waals surface area contributed by atoms with Crippen molar-refractivity contribution < 1.29 is 0 Å². The van der Waals surface area contributed by atoms with Gasteiger partial charge in [-0.05, 0) is 85.1 Å². The molecule has 114 valence electrons. The predicted molar refractivity (Wildman–Crippen MR) is 88.6 cm³/mol. The number of hydrogen-bond acceptors (Lipinski definition) is 1. The van der Waals surface area contributed by atoms with Crippen LogP contribution in [0.15, 0.2) is 18.2 Å². The van der Waals surface area contributed by atoms with E-state index in [9.17, 15) is 0 Å². The van der Waals surface area contributed by atoms with Gasteiger partial charge in [-0.1, -0.05) is 31.5 Å². The second kappa shape index (κ2) is 4.99. The summed E-state index contributed by atoms with van der Waals surface area (Å²) in [7, 11) is 0. The molecule has 1 aromatic rings. The molecule has 0 saturated heterocycles. The van der Waals surface area contributed by atoms with Crippen LogP contribution in [0.25, 0.3) is 0 Å². The van der Waals surface area contributed by atoms with Gasteiger partial charge in [-0.25, -0.2) is 0 Å². The summed E-state index contributed by atoms with van der Waals surface area (Å²) >= 11 is 6.24. The van der Waals surface area contributed by atoms with Crippen LogP contribution in [0.3, 0.4) is 0 Å². The van der Waals surface area contributed by atoms with E-state index in [-0.39, 0.29) is 0 Å². The lowest BCUT2D eigenvalue weighted by Crippen LogP contribution is -2.35. The van der Waals surface area contributed by atoms with E-state index < -0.39 is 0 Å². The summed E-state index contributed by atoms with van der Waals surface area (Å²) in [6, 6.07) is 6.91. The van der Waals surface area contributed by atoms with Gasteiger partial charge in [0.25, 0.3) is 0 Å². The van der Waals surface area contributed by atoms with Gasteiger partial charge in [0, 0.05) is 11.1 Å². The number of nitrogens with one attached hydrogen (secondary N) is 1. The van der Waals surface area contributed by atoms with Crippen LogP contribution in [0.4, 0.5) is 0 Å². The van der Waals surface area contributed by atoms with Crippen LogP contribution < -0.4 is 5.32 Å². The molecule has 2 saturated carbocycles. The topological polar surface area (TPSA) is 12.0 Å². The Balaban J connectivity index is 1.52. The van der Waals surface area contributed by atoms with E-state index in [2.05, 4.69) is 31.3 Å². The Morgan fingerprint density at radius 3 is 2.48 bits per heavy atom. The number of halogens is 1. The van der Waals surface area contributed by atoms with Crippen molar-refractivity contribution in [2.24, 2.45) is 23.2 Å². The summed E-state index contributed by atoms with van der Waals surface area (Å²) in [6.07, 6.45) is 7.05. The van der Waals surface area contributed by atoms with Crippen molar-refractivity contribution in [2.45, 2.75) is 52.0 Å². The molecule has 1 unspecified atom stereocenters. The molecule has 0 aliphatic heterocycles. The minimum absolute atomic E-state index is 0.296. The Labute approximate surface area is 133 Å². The number of benzene rings is 1. The van der Waals surface area contributed by atoms with Crippen LogP contribution in [-0.4, -0.2) is 6.54 Å². The summed E-state index contributed by atoms with van der Waals surface area (Å²) in [6.45, 7) is 5.99. The van der Waals surface area contributed by atoms with Crippen molar-refractivity contribution in [3.8, 4) is 0 Å². The Morgan fingerprint density at radius 2 is 1.86 bits per heavy atom. The first-order valence-electron chi connectivity index (χ1n) is 8.56. The first-order chi connectivity index (χ1) is 10.0. The minimum atomic E-state index is 0.296. The fourth-order valence-corrected chi connectivity index (χ4v) is 4.60. The van der Waals surface area contributed by atoms with Crippen molar-refractivity contribution in [2.75, 3.05) is 6.54 Å². The molecular formula is C19H26ClN. The van der Waals surface area contributed by atoms with E-state index in [1.165, 1.54) is 43.4 Å². The molecule has 0 heterocycles. The molecule has 4 rings (SSSR count). The summed E-state index contributed by atoms with van der Waals surface area (Å²) in [5.41, 5.74) is 3.22. The minimum Gasteiger partial charge on any atom is -0.309 e. The number of hydrogen-bond donors (Lipinski definition) is 1. The lowest BCUT2D eigenvalue weighted by molar-refractivity contribution is 0.245. The summed E-state index contributed by atoms with van der Waals surface area (Å²) < 4.78 is 0. The first-order valence-corrected chi connectivity index (χ1v) is 8.94. The van der Waals surface area contributed by atoms with Crippen LogP contribution >= 0.6 is 11.6 Å². The molecule has 1 aromatic carbocycles. The zero-order valence-electron chi connectivity index (χ0n) is 13.2. The Hall–Kier alpha value is -0.530. The zero-order valence-corrected chi connectivity index (χ0v) is 13.9. The molecule has 2 heteroatoms. The molecule has 1 atom stereocenters. The normalized spacial score (nSPS) is 27.1. The van der Waals surface area contributed by atoms with Crippen molar-refractivity contribution in [1.82, 2.24) is 5.32 Å². The van der Waals surface area contributed by atoms with Crippen LogP contribution in [0.1, 0.15) is 56.7 Å². The highest BCUT2D eigenvalue weighted by Crippen LogP contribution is 2.50.